The van der Waals surface area contributed by atoms with Crippen LogP contribution in [0, 0.1) is 11.3 Å². The Morgan fingerprint density at radius 1 is 1.22 bits per heavy atom. The Morgan fingerprint density at radius 3 is 2.78 bits per heavy atom. The van der Waals surface area contributed by atoms with Crippen molar-refractivity contribution in [1.82, 2.24) is 9.88 Å². The van der Waals surface area contributed by atoms with Gasteiger partial charge in [0.1, 0.15) is 23.5 Å². The minimum Gasteiger partial charge on any atom is -0.467 e. The Labute approximate surface area is 160 Å². The summed E-state index contributed by atoms with van der Waals surface area (Å²) < 4.78 is 5.47. The number of nitriles is 1. The van der Waals surface area contributed by atoms with Crippen LogP contribution in [0.25, 0.3) is 0 Å². The zero-order chi connectivity index (χ0) is 18.6. The molecule has 0 bridgehead atoms. The summed E-state index contributed by atoms with van der Waals surface area (Å²) in [5.41, 5.74) is 3.14. The van der Waals surface area contributed by atoms with E-state index in [4.69, 9.17) is 9.40 Å². The van der Waals surface area contributed by atoms with E-state index < -0.39 is 0 Å². The molecule has 0 radical (unpaired) electrons. The first-order chi connectivity index (χ1) is 13.3. The highest BCUT2D eigenvalue weighted by molar-refractivity contribution is 5.67. The third-order valence-corrected chi connectivity index (χ3v) is 5.68. The van der Waals surface area contributed by atoms with Crippen LogP contribution in [0.3, 0.4) is 0 Å². The maximum Gasteiger partial charge on any atom is 0.149 e. The van der Waals surface area contributed by atoms with Gasteiger partial charge in [-0.3, -0.25) is 4.90 Å². The van der Waals surface area contributed by atoms with Crippen LogP contribution in [0.4, 0.5) is 11.6 Å². The maximum atomic E-state index is 9.93. The molecule has 4 heterocycles. The minimum absolute atomic E-state index is 0.601. The summed E-state index contributed by atoms with van der Waals surface area (Å²) in [4.78, 5) is 9.68. The van der Waals surface area contributed by atoms with E-state index in [1.165, 1.54) is 30.4 Å². The number of pyridine rings is 1. The Balaban J connectivity index is 1.73. The Hall–Kier alpha value is -2.52. The first kappa shape index (κ1) is 17.9. The van der Waals surface area contributed by atoms with Crippen molar-refractivity contribution in [2.24, 2.45) is 0 Å². The van der Waals surface area contributed by atoms with E-state index in [2.05, 4.69) is 28.1 Å². The molecule has 0 spiro atoms. The Morgan fingerprint density at radius 2 is 2.07 bits per heavy atom. The average molecular weight is 365 g/mol. The predicted octanol–water partition coefficient (Wildman–Crippen LogP) is 3.53. The highest BCUT2D eigenvalue weighted by Crippen LogP contribution is 2.34. The quantitative estimate of drug-likeness (QED) is 0.874. The van der Waals surface area contributed by atoms with Gasteiger partial charge in [0.05, 0.1) is 18.4 Å². The number of nitrogens with zero attached hydrogens (tertiary/aromatic N) is 4. The summed E-state index contributed by atoms with van der Waals surface area (Å²) in [6.45, 7) is 7.60. The van der Waals surface area contributed by atoms with Gasteiger partial charge < -0.3 is 14.6 Å². The molecule has 2 aromatic rings. The smallest absolute Gasteiger partial charge is 0.149 e. The van der Waals surface area contributed by atoms with E-state index in [1.807, 2.05) is 12.1 Å². The lowest BCUT2D eigenvalue weighted by Gasteiger charge is -2.34. The van der Waals surface area contributed by atoms with Crippen LogP contribution < -0.4 is 10.2 Å². The number of rotatable bonds is 5. The molecule has 2 aliphatic heterocycles. The molecule has 0 amide bonds. The fraction of sp³-hybridized carbons (Fsp3) is 0.524. The topological polar surface area (TPSA) is 68.3 Å². The highest BCUT2D eigenvalue weighted by atomic mass is 16.3. The highest BCUT2D eigenvalue weighted by Gasteiger charge is 2.27. The first-order valence-corrected chi connectivity index (χ1v) is 9.99. The van der Waals surface area contributed by atoms with Crippen LogP contribution in [0.1, 0.15) is 48.6 Å². The van der Waals surface area contributed by atoms with Crippen LogP contribution in [0.15, 0.2) is 22.8 Å². The molecule has 2 aliphatic rings. The molecule has 27 heavy (non-hydrogen) atoms. The van der Waals surface area contributed by atoms with Gasteiger partial charge in [0.25, 0.3) is 0 Å². The Bertz CT molecular complexity index is 818. The number of nitrogens with one attached hydrogen (secondary N) is 1. The van der Waals surface area contributed by atoms with Gasteiger partial charge in [-0.1, -0.05) is 6.92 Å². The van der Waals surface area contributed by atoms with Crippen molar-refractivity contribution in [2.45, 2.75) is 45.7 Å². The first-order valence-electron chi connectivity index (χ1n) is 9.99. The van der Waals surface area contributed by atoms with E-state index in [-0.39, 0.29) is 0 Å². The van der Waals surface area contributed by atoms with Crippen molar-refractivity contribution in [3.63, 3.8) is 0 Å². The van der Waals surface area contributed by atoms with Crippen molar-refractivity contribution in [2.75, 3.05) is 36.4 Å². The third-order valence-electron chi connectivity index (χ3n) is 5.68. The molecule has 1 fully saturated rings. The molecule has 0 aliphatic carbocycles. The van der Waals surface area contributed by atoms with Gasteiger partial charge in [0.15, 0.2) is 0 Å². The lowest BCUT2D eigenvalue weighted by Crippen LogP contribution is -2.35. The molecule has 0 aromatic carbocycles. The van der Waals surface area contributed by atoms with Gasteiger partial charge in [-0.2, -0.15) is 5.26 Å². The molecular formula is C21H27N5O. The summed E-state index contributed by atoms with van der Waals surface area (Å²) in [5, 5.41) is 13.4. The van der Waals surface area contributed by atoms with E-state index in [9.17, 15) is 5.26 Å². The number of aromatic nitrogens is 1. The normalized spacial score (nSPS) is 17.4. The maximum absolute atomic E-state index is 9.93. The van der Waals surface area contributed by atoms with Gasteiger partial charge in [0.2, 0.25) is 0 Å². The van der Waals surface area contributed by atoms with Gasteiger partial charge in [-0.05, 0) is 49.9 Å². The summed E-state index contributed by atoms with van der Waals surface area (Å²) >= 11 is 0. The zero-order valence-electron chi connectivity index (χ0n) is 16.0. The second-order valence-electron chi connectivity index (χ2n) is 7.33. The van der Waals surface area contributed by atoms with E-state index >= 15 is 0 Å². The van der Waals surface area contributed by atoms with Crippen molar-refractivity contribution in [3.05, 3.63) is 40.8 Å². The molecule has 0 saturated carbocycles. The van der Waals surface area contributed by atoms with Crippen LogP contribution in [0.5, 0.6) is 0 Å². The second kappa shape index (κ2) is 8.01. The molecule has 0 atom stereocenters. The standard InChI is InChI=1S/C21H27N5O/c1-2-25-11-8-17-18(13-22)21(26-9-4-3-5-10-26)24-20(19(17)15-25)23-14-16-7-6-12-27-16/h6-7,12H,2-5,8-11,14-15H2,1H3,(H,23,24). The molecule has 1 saturated heterocycles. The van der Waals surface area contributed by atoms with E-state index in [0.717, 1.165) is 62.1 Å². The third kappa shape index (κ3) is 3.65. The van der Waals surface area contributed by atoms with E-state index in [0.29, 0.717) is 6.54 Å². The molecule has 142 valence electrons. The number of hydrogen-bond donors (Lipinski definition) is 1. The van der Waals surface area contributed by atoms with Crippen molar-refractivity contribution in [1.29, 1.82) is 5.26 Å². The van der Waals surface area contributed by atoms with Crippen molar-refractivity contribution < 1.29 is 4.42 Å². The second-order valence-corrected chi connectivity index (χ2v) is 7.33. The number of fused-ring (bicyclic) bond motifs is 1. The van der Waals surface area contributed by atoms with Crippen molar-refractivity contribution in [3.8, 4) is 6.07 Å². The zero-order valence-corrected chi connectivity index (χ0v) is 16.0. The van der Waals surface area contributed by atoms with Crippen LogP contribution in [-0.2, 0) is 19.5 Å². The molecule has 6 nitrogen and oxygen atoms in total. The number of hydrogen-bond acceptors (Lipinski definition) is 6. The van der Waals surface area contributed by atoms with Crippen molar-refractivity contribution >= 4 is 11.6 Å². The van der Waals surface area contributed by atoms with Gasteiger partial charge in [0, 0.05) is 31.7 Å². The average Bonchev–Trinajstić information content (AvgIpc) is 3.25. The molecule has 6 heteroatoms. The fourth-order valence-corrected chi connectivity index (χ4v) is 4.13. The lowest BCUT2D eigenvalue weighted by molar-refractivity contribution is 0.268. The number of furan rings is 1. The predicted molar refractivity (Wildman–Crippen MR) is 106 cm³/mol. The van der Waals surface area contributed by atoms with E-state index in [1.54, 1.807) is 6.26 Å². The van der Waals surface area contributed by atoms with Gasteiger partial charge in [-0.25, -0.2) is 4.98 Å². The van der Waals surface area contributed by atoms with Gasteiger partial charge in [-0.15, -0.1) is 0 Å². The lowest BCUT2D eigenvalue weighted by atomic mass is 9.95. The number of anilines is 2. The van der Waals surface area contributed by atoms with Gasteiger partial charge >= 0.3 is 0 Å². The molecular weight excluding hydrogens is 338 g/mol. The molecule has 0 unspecified atom stereocenters. The fourth-order valence-electron chi connectivity index (χ4n) is 4.13. The largest absolute Gasteiger partial charge is 0.467 e. The molecule has 4 rings (SSSR count). The summed E-state index contributed by atoms with van der Waals surface area (Å²) in [5.74, 6) is 2.65. The summed E-state index contributed by atoms with van der Waals surface area (Å²) in [7, 11) is 0. The number of piperidine rings is 1. The van der Waals surface area contributed by atoms with Crippen LogP contribution >= 0.6 is 0 Å². The Kier molecular flexibility index (Phi) is 5.30. The summed E-state index contributed by atoms with van der Waals surface area (Å²) in [6.07, 6.45) is 6.20. The summed E-state index contributed by atoms with van der Waals surface area (Å²) in [6, 6.07) is 6.35. The molecule has 2 aromatic heterocycles. The van der Waals surface area contributed by atoms with Crippen LogP contribution in [-0.4, -0.2) is 36.1 Å². The van der Waals surface area contributed by atoms with Crippen LogP contribution in [0.2, 0.25) is 0 Å². The number of likely N-dealkylation sites (N-methyl/N-ethyl adjacent to an activating group) is 1. The SMILES string of the molecule is CCN1CCc2c(C#N)c(N3CCCCC3)nc(NCc3ccco3)c2C1. The molecule has 1 N–H and O–H groups in total. The monoisotopic (exact) mass is 365 g/mol. The minimum atomic E-state index is 0.601.